The molecule has 29 heavy (non-hydrogen) atoms. The molecule has 0 radical (unpaired) electrons. The van der Waals surface area contributed by atoms with Crippen LogP contribution >= 0.6 is 12.2 Å². The lowest BCUT2D eigenvalue weighted by Crippen LogP contribution is -2.43. The monoisotopic (exact) mass is 420 g/mol. The third-order valence-electron chi connectivity index (χ3n) is 4.81. The van der Waals surface area contributed by atoms with E-state index >= 15 is 0 Å². The summed E-state index contributed by atoms with van der Waals surface area (Å²) in [6.07, 6.45) is -2.20. The number of nitrogens with zero attached hydrogens (tertiary/aromatic N) is 2. The number of fused-ring (bicyclic) bond motifs is 1. The van der Waals surface area contributed by atoms with Crippen LogP contribution in [-0.2, 0) is 12.6 Å². The Bertz CT molecular complexity index is 1030. The molecule has 1 atom stereocenters. The summed E-state index contributed by atoms with van der Waals surface area (Å²) in [6.45, 7) is 0.530. The quantitative estimate of drug-likeness (QED) is 0.457. The Morgan fingerprint density at radius 2 is 1.93 bits per heavy atom. The number of nitrogens with one attached hydrogen (secondary N) is 2. The molecule has 0 fully saturated rings. The van der Waals surface area contributed by atoms with Crippen LogP contribution in [0.4, 0.5) is 23.2 Å². The summed E-state index contributed by atoms with van der Waals surface area (Å²) in [7, 11) is 0. The van der Waals surface area contributed by atoms with E-state index in [9.17, 15) is 17.6 Å². The molecule has 4 rings (SSSR count). The van der Waals surface area contributed by atoms with Gasteiger partial charge < -0.3 is 15.2 Å². The molecular formula is C20H16F4N4S. The van der Waals surface area contributed by atoms with Gasteiger partial charge in [-0.2, -0.15) is 13.2 Å². The van der Waals surface area contributed by atoms with E-state index in [-0.39, 0.29) is 22.7 Å². The van der Waals surface area contributed by atoms with Crippen LogP contribution in [0.5, 0.6) is 0 Å². The molecule has 0 saturated heterocycles. The van der Waals surface area contributed by atoms with Gasteiger partial charge in [-0.1, -0.05) is 18.2 Å². The first-order valence-electron chi connectivity index (χ1n) is 8.85. The number of H-pyrrole nitrogens is 1. The Morgan fingerprint density at radius 3 is 2.66 bits per heavy atom. The number of rotatable bonds is 2. The van der Waals surface area contributed by atoms with Crippen molar-refractivity contribution in [2.24, 2.45) is 0 Å². The van der Waals surface area contributed by atoms with Gasteiger partial charge in [-0.25, -0.2) is 9.37 Å². The highest BCUT2D eigenvalue weighted by Crippen LogP contribution is 2.35. The summed E-state index contributed by atoms with van der Waals surface area (Å²) >= 11 is 5.52. The smallest absolute Gasteiger partial charge is 0.348 e. The van der Waals surface area contributed by atoms with Crippen molar-refractivity contribution in [2.75, 3.05) is 11.9 Å². The van der Waals surface area contributed by atoms with Crippen LogP contribution in [0.15, 0.2) is 54.9 Å². The molecule has 0 aliphatic carbocycles. The molecule has 150 valence electrons. The first-order chi connectivity index (χ1) is 13.8. The predicted molar refractivity (Wildman–Crippen MR) is 105 cm³/mol. The van der Waals surface area contributed by atoms with Crippen molar-refractivity contribution in [3.8, 4) is 0 Å². The van der Waals surface area contributed by atoms with E-state index in [0.717, 1.165) is 29.1 Å². The number of imidazole rings is 1. The minimum Gasteiger partial charge on any atom is -0.348 e. The summed E-state index contributed by atoms with van der Waals surface area (Å²) in [6, 6.07) is 10.5. The molecule has 3 aromatic rings. The van der Waals surface area contributed by atoms with Gasteiger partial charge in [0.2, 0.25) is 0 Å². The number of benzene rings is 2. The van der Waals surface area contributed by atoms with Gasteiger partial charge in [0.15, 0.2) is 5.11 Å². The lowest BCUT2D eigenvalue weighted by atomic mass is 9.96. The molecule has 0 spiro atoms. The molecule has 9 heteroatoms. The summed E-state index contributed by atoms with van der Waals surface area (Å²) < 4.78 is 52.4. The standard InChI is InChI=1S/C20H16F4N4S/c21-14-6-4-12(5-7-14)18-17-16(25-11-26-17)8-9-28(18)19(29)27-15-3-1-2-13(10-15)20(22,23)24/h1-7,10-11,18H,8-9H2,(H,25,26)(H,27,29). The van der Waals surface area contributed by atoms with Gasteiger partial charge in [0.05, 0.1) is 17.6 Å². The second-order valence-electron chi connectivity index (χ2n) is 6.67. The normalized spacial score (nSPS) is 16.4. The van der Waals surface area contributed by atoms with E-state index < -0.39 is 11.7 Å². The first kappa shape index (κ1) is 19.4. The maximum Gasteiger partial charge on any atom is 0.416 e. The number of aromatic amines is 1. The Morgan fingerprint density at radius 1 is 1.17 bits per heavy atom. The second-order valence-corrected chi connectivity index (χ2v) is 7.06. The Kier molecular flexibility index (Phi) is 4.99. The fourth-order valence-corrected chi connectivity index (χ4v) is 3.76. The van der Waals surface area contributed by atoms with Gasteiger partial charge in [0.1, 0.15) is 11.9 Å². The molecule has 2 N–H and O–H groups in total. The minimum absolute atomic E-state index is 0.246. The van der Waals surface area contributed by atoms with E-state index in [4.69, 9.17) is 12.2 Å². The number of hydrogen-bond acceptors (Lipinski definition) is 2. The van der Waals surface area contributed by atoms with Gasteiger partial charge in [-0.15, -0.1) is 0 Å². The lowest BCUT2D eigenvalue weighted by molar-refractivity contribution is -0.137. The van der Waals surface area contributed by atoms with Crippen molar-refractivity contribution in [3.63, 3.8) is 0 Å². The minimum atomic E-state index is -4.44. The zero-order chi connectivity index (χ0) is 20.6. The maximum absolute atomic E-state index is 13.4. The van der Waals surface area contributed by atoms with E-state index in [1.807, 2.05) is 4.90 Å². The first-order valence-corrected chi connectivity index (χ1v) is 9.26. The van der Waals surface area contributed by atoms with Crippen molar-refractivity contribution < 1.29 is 17.6 Å². The zero-order valence-electron chi connectivity index (χ0n) is 15.0. The number of thiocarbonyl (C=S) groups is 1. The number of aromatic nitrogens is 2. The van der Waals surface area contributed by atoms with Crippen LogP contribution < -0.4 is 5.32 Å². The molecule has 1 unspecified atom stereocenters. The van der Waals surface area contributed by atoms with Crippen LogP contribution in [0.1, 0.15) is 28.6 Å². The summed E-state index contributed by atoms with van der Waals surface area (Å²) in [5.41, 5.74) is 1.99. The van der Waals surface area contributed by atoms with Crippen LogP contribution in [0.25, 0.3) is 0 Å². The molecule has 1 aromatic heterocycles. The number of anilines is 1. The summed E-state index contributed by atoms with van der Waals surface area (Å²) in [4.78, 5) is 9.35. The molecule has 2 aromatic carbocycles. The van der Waals surface area contributed by atoms with Crippen LogP contribution in [0.3, 0.4) is 0 Å². The van der Waals surface area contributed by atoms with Gasteiger partial charge in [0, 0.05) is 24.3 Å². The Balaban J connectivity index is 1.64. The largest absolute Gasteiger partial charge is 0.416 e. The van der Waals surface area contributed by atoms with Gasteiger partial charge in [-0.3, -0.25) is 0 Å². The summed E-state index contributed by atoms with van der Waals surface area (Å²) in [5, 5.41) is 3.17. The lowest BCUT2D eigenvalue weighted by Gasteiger charge is -2.37. The van der Waals surface area contributed by atoms with E-state index in [0.29, 0.717) is 13.0 Å². The molecular weight excluding hydrogens is 404 g/mol. The second kappa shape index (κ2) is 7.47. The highest BCUT2D eigenvalue weighted by atomic mass is 32.1. The van der Waals surface area contributed by atoms with E-state index in [1.54, 1.807) is 18.5 Å². The Hall–Kier alpha value is -2.94. The molecule has 1 aliphatic rings. The highest BCUT2D eigenvalue weighted by molar-refractivity contribution is 7.80. The van der Waals surface area contributed by atoms with Crippen molar-refractivity contribution in [1.82, 2.24) is 14.9 Å². The fourth-order valence-electron chi connectivity index (χ4n) is 3.45. The van der Waals surface area contributed by atoms with E-state index in [1.165, 1.54) is 24.3 Å². The van der Waals surface area contributed by atoms with Crippen molar-refractivity contribution in [2.45, 2.75) is 18.6 Å². The predicted octanol–water partition coefficient (Wildman–Crippen LogP) is 4.91. The van der Waals surface area contributed by atoms with Crippen molar-refractivity contribution >= 4 is 23.0 Å². The fraction of sp³-hybridized carbons (Fsp3) is 0.200. The highest BCUT2D eigenvalue weighted by Gasteiger charge is 2.33. The van der Waals surface area contributed by atoms with Gasteiger partial charge in [-0.05, 0) is 48.1 Å². The van der Waals surface area contributed by atoms with Gasteiger partial charge in [0.25, 0.3) is 0 Å². The molecule has 4 nitrogen and oxygen atoms in total. The molecule has 0 saturated carbocycles. The maximum atomic E-state index is 13.4. The topological polar surface area (TPSA) is 44.0 Å². The Labute approximate surface area is 169 Å². The number of halogens is 4. The van der Waals surface area contributed by atoms with E-state index in [2.05, 4.69) is 15.3 Å². The van der Waals surface area contributed by atoms with Crippen LogP contribution in [0.2, 0.25) is 0 Å². The molecule has 0 amide bonds. The molecule has 2 heterocycles. The third kappa shape index (κ3) is 3.95. The van der Waals surface area contributed by atoms with Crippen molar-refractivity contribution in [3.05, 3.63) is 83.2 Å². The van der Waals surface area contributed by atoms with Crippen LogP contribution in [-0.4, -0.2) is 26.5 Å². The SMILES string of the molecule is Fc1ccc(C2c3nc[nH]c3CCN2C(=S)Nc2cccc(C(F)(F)F)c2)cc1. The zero-order valence-corrected chi connectivity index (χ0v) is 15.8. The molecule has 1 aliphatic heterocycles. The third-order valence-corrected chi connectivity index (χ3v) is 5.15. The van der Waals surface area contributed by atoms with Crippen LogP contribution in [0, 0.1) is 5.82 Å². The number of hydrogen-bond donors (Lipinski definition) is 2. The average molecular weight is 420 g/mol. The summed E-state index contributed by atoms with van der Waals surface area (Å²) in [5.74, 6) is -0.358. The van der Waals surface area contributed by atoms with Gasteiger partial charge >= 0.3 is 6.18 Å². The van der Waals surface area contributed by atoms with Crippen molar-refractivity contribution in [1.29, 1.82) is 0 Å². The number of alkyl halides is 3. The average Bonchev–Trinajstić information content (AvgIpc) is 3.16. The molecule has 0 bridgehead atoms.